The molecule has 0 radical (unpaired) electrons. The van der Waals surface area contributed by atoms with Gasteiger partial charge in [0.1, 0.15) is 11.1 Å². The smallest absolute Gasteiger partial charge is 0.349 e. The monoisotopic (exact) mass is 419 g/mol. The van der Waals surface area contributed by atoms with Crippen LogP contribution in [0, 0.1) is 6.92 Å². The summed E-state index contributed by atoms with van der Waals surface area (Å²) < 4.78 is 32.6. The average Bonchev–Trinajstić information content (AvgIpc) is 2.75. The Bertz CT molecular complexity index is 1390. The Morgan fingerprint density at radius 2 is 1.50 bits per heavy atom. The van der Waals surface area contributed by atoms with E-state index < -0.39 is 21.6 Å². The lowest BCUT2D eigenvalue weighted by Gasteiger charge is -2.22. The molecule has 1 amide bonds. The Kier molecular flexibility index (Phi) is 4.97. The van der Waals surface area contributed by atoms with Gasteiger partial charge in [0.15, 0.2) is 0 Å². The summed E-state index contributed by atoms with van der Waals surface area (Å²) in [5.41, 5.74) is 0.0650. The first kappa shape index (κ1) is 19.6. The molecule has 6 nitrogen and oxygen atoms in total. The molecule has 0 aliphatic rings. The van der Waals surface area contributed by atoms with E-state index in [-0.39, 0.29) is 16.1 Å². The highest BCUT2D eigenvalue weighted by Gasteiger charge is 2.33. The van der Waals surface area contributed by atoms with Crippen molar-refractivity contribution in [1.29, 1.82) is 0 Å². The van der Waals surface area contributed by atoms with Gasteiger partial charge >= 0.3 is 5.63 Å². The third-order valence-corrected chi connectivity index (χ3v) is 6.33. The molecular formula is C23H17NO5S. The minimum absolute atomic E-state index is 0.0656. The highest BCUT2D eigenvalue weighted by Crippen LogP contribution is 2.26. The molecule has 7 heteroatoms. The van der Waals surface area contributed by atoms with Crippen LogP contribution in [0.1, 0.15) is 15.9 Å². The van der Waals surface area contributed by atoms with Gasteiger partial charge in [-0.05, 0) is 43.3 Å². The maximum Gasteiger partial charge on any atom is 0.349 e. The van der Waals surface area contributed by atoms with Crippen LogP contribution < -0.4 is 9.93 Å². The van der Waals surface area contributed by atoms with Crippen molar-refractivity contribution in [2.75, 3.05) is 4.31 Å². The first-order chi connectivity index (χ1) is 14.4. The summed E-state index contributed by atoms with van der Waals surface area (Å²) >= 11 is 0. The molecule has 1 aromatic heterocycles. The minimum atomic E-state index is -4.28. The molecule has 1 heterocycles. The van der Waals surface area contributed by atoms with Crippen molar-refractivity contribution in [3.63, 3.8) is 0 Å². The number of para-hydroxylation sites is 1. The lowest BCUT2D eigenvalue weighted by molar-refractivity contribution is 0.100. The van der Waals surface area contributed by atoms with Crippen molar-refractivity contribution in [3.8, 4) is 0 Å². The third kappa shape index (κ3) is 3.51. The Labute approximate surface area is 173 Å². The van der Waals surface area contributed by atoms with E-state index in [1.807, 2.05) is 6.92 Å². The van der Waals surface area contributed by atoms with Crippen molar-refractivity contribution in [1.82, 2.24) is 0 Å². The molecule has 150 valence electrons. The molecule has 0 N–H and O–H groups in total. The Morgan fingerprint density at radius 1 is 0.867 bits per heavy atom. The molecule has 0 atom stereocenters. The van der Waals surface area contributed by atoms with Crippen LogP contribution in [0.3, 0.4) is 0 Å². The van der Waals surface area contributed by atoms with E-state index in [1.165, 1.54) is 30.3 Å². The van der Waals surface area contributed by atoms with Crippen molar-refractivity contribution in [2.45, 2.75) is 11.8 Å². The topological polar surface area (TPSA) is 84.7 Å². The quantitative estimate of drug-likeness (QED) is 0.464. The largest absolute Gasteiger partial charge is 0.422 e. The van der Waals surface area contributed by atoms with Gasteiger partial charge in [-0.2, -0.15) is 4.31 Å². The van der Waals surface area contributed by atoms with Gasteiger partial charge in [0.25, 0.3) is 15.9 Å². The van der Waals surface area contributed by atoms with Crippen molar-refractivity contribution in [2.24, 2.45) is 0 Å². The molecule has 0 aliphatic carbocycles. The minimum Gasteiger partial charge on any atom is -0.422 e. The normalized spacial score (nSPS) is 11.4. The van der Waals surface area contributed by atoms with Crippen LogP contribution in [0.2, 0.25) is 0 Å². The van der Waals surface area contributed by atoms with Gasteiger partial charge in [0.2, 0.25) is 0 Å². The van der Waals surface area contributed by atoms with E-state index in [2.05, 4.69) is 0 Å². The average molecular weight is 419 g/mol. The first-order valence-corrected chi connectivity index (χ1v) is 10.6. The number of hydrogen-bond acceptors (Lipinski definition) is 5. The fourth-order valence-electron chi connectivity index (χ4n) is 3.06. The number of aryl methyl sites for hydroxylation is 1. The molecule has 0 unspecified atom stereocenters. The van der Waals surface area contributed by atoms with Crippen molar-refractivity contribution < 1.29 is 17.6 Å². The molecule has 3 aromatic carbocycles. The van der Waals surface area contributed by atoms with Crippen LogP contribution in [0.5, 0.6) is 0 Å². The summed E-state index contributed by atoms with van der Waals surface area (Å²) in [5.74, 6) is -0.984. The number of rotatable bonds is 4. The van der Waals surface area contributed by atoms with Crippen LogP contribution in [-0.2, 0) is 10.0 Å². The Hall–Kier alpha value is -3.71. The predicted octanol–water partition coefficient (Wildman–Crippen LogP) is 4.14. The Morgan fingerprint density at radius 3 is 2.20 bits per heavy atom. The number of nitrogens with zero attached hydrogens (tertiary/aromatic N) is 1. The van der Waals surface area contributed by atoms with Gasteiger partial charge in [-0.15, -0.1) is 0 Å². The Balaban J connectivity index is 1.92. The van der Waals surface area contributed by atoms with E-state index in [0.29, 0.717) is 15.3 Å². The number of sulfonamides is 1. The van der Waals surface area contributed by atoms with Gasteiger partial charge in [0, 0.05) is 5.39 Å². The van der Waals surface area contributed by atoms with Gasteiger partial charge < -0.3 is 4.42 Å². The van der Waals surface area contributed by atoms with Crippen LogP contribution >= 0.6 is 0 Å². The van der Waals surface area contributed by atoms with Crippen LogP contribution in [0.4, 0.5) is 5.69 Å². The first-order valence-electron chi connectivity index (χ1n) is 9.12. The van der Waals surface area contributed by atoms with Crippen LogP contribution in [-0.4, -0.2) is 14.3 Å². The van der Waals surface area contributed by atoms with Crippen LogP contribution in [0.15, 0.2) is 99.0 Å². The summed E-state index contributed by atoms with van der Waals surface area (Å²) in [6.45, 7) is 1.85. The summed E-state index contributed by atoms with van der Waals surface area (Å²) in [6.07, 6.45) is 0. The molecule has 0 saturated heterocycles. The second-order valence-corrected chi connectivity index (χ2v) is 8.50. The second kappa shape index (κ2) is 7.61. The van der Waals surface area contributed by atoms with Gasteiger partial charge in [-0.25, -0.2) is 13.2 Å². The zero-order chi connectivity index (χ0) is 21.3. The molecule has 30 heavy (non-hydrogen) atoms. The number of hydrogen-bond donors (Lipinski definition) is 0. The molecule has 4 aromatic rings. The van der Waals surface area contributed by atoms with Gasteiger partial charge in [0.05, 0.1) is 10.6 Å². The van der Waals surface area contributed by atoms with Gasteiger partial charge in [-0.1, -0.05) is 54.1 Å². The van der Waals surface area contributed by atoms with E-state index in [1.54, 1.807) is 54.6 Å². The fourth-order valence-corrected chi connectivity index (χ4v) is 4.49. The maximum absolute atomic E-state index is 13.4. The van der Waals surface area contributed by atoms with E-state index in [4.69, 9.17) is 4.42 Å². The fraction of sp³-hybridized carbons (Fsp3) is 0.0435. The second-order valence-electron chi connectivity index (χ2n) is 6.71. The lowest BCUT2D eigenvalue weighted by atomic mass is 10.1. The van der Waals surface area contributed by atoms with E-state index in [0.717, 1.165) is 5.56 Å². The molecule has 0 saturated carbocycles. The van der Waals surface area contributed by atoms with E-state index >= 15 is 0 Å². The molecule has 0 fully saturated rings. The maximum atomic E-state index is 13.4. The highest BCUT2D eigenvalue weighted by atomic mass is 32.2. The van der Waals surface area contributed by atoms with Gasteiger partial charge in [-0.3, -0.25) is 4.79 Å². The summed E-state index contributed by atoms with van der Waals surface area (Å²) in [5, 5.41) is 0.515. The number of anilines is 1. The third-order valence-electron chi connectivity index (χ3n) is 4.61. The SMILES string of the molecule is Cc1ccc(N(C(=O)c2cc3ccccc3oc2=O)S(=O)(=O)c2ccccc2)cc1. The van der Waals surface area contributed by atoms with Crippen LogP contribution in [0.25, 0.3) is 11.0 Å². The van der Waals surface area contributed by atoms with Crippen molar-refractivity contribution in [3.05, 3.63) is 106 Å². The number of carbonyl (C=O) groups excluding carboxylic acids is 1. The molecule has 0 aliphatic heterocycles. The number of amides is 1. The number of benzene rings is 3. The van der Waals surface area contributed by atoms with Crippen molar-refractivity contribution >= 4 is 32.6 Å². The number of fused-ring (bicyclic) bond motifs is 1. The molecular weight excluding hydrogens is 402 g/mol. The zero-order valence-corrected chi connectivity index (χ0v) is 16.8. The lowest BCUT2D eigenvalue weighted by Crippen LogP contribution is -2.39. The molecule has 0 spiro atoms. The summed E-state index contributed by atoms with van der Waals surface area (Å²) in [4.78, 5) is 25.9. The van der Waals surface area contributed by atoms with E-state index in [9.17, 15) is 18.0 Å². The summed E-state index contributed by atoms with van der Waals surface area (Å²) in [6, 6.07) is 22.1. The standard InChI is InChI=1S/C23H17NO5S/c1-16-11-13-18(14-12-16)24(30(27,28)19-8-3-2-4-9-19)22(25)20-15-17-7-5-6-10-21(17)29-23(20)26/h2-15H,1H3. The zero-order valence-electron chi connectivity index (χ0n) is 16.0. The number of carbonyl (C=O) groups is 1. The predicted molar refractivity (Wildman–Crippen MR) is 114 cm³/mol. The molecule has 0 bridgehead atoms. The molecule has 4 rings (SSSR count). The summed E-state index contributed by atoms with van der Waals surface area (Å²) in [7, 11) is -4.28. The highest BCUT2D eigenvalue weighted by molar-refractivity contribution is 7.93.